The average molecular weight is 627 g/mol. The van der Waals surface area contributed by atoms with Gasteiger partial charge in [0.05, 0.1) is 0 Å². The second-order valence-corrected chi connectivity index (χ2v) is 14.8. The molecule has 0 nitrogen and oxygen atoms in total. The average Bonchev–Trinajstić information content (AvgIpc) is 3.66. The Hall–Kier alpha value is -4.50. The second-order valence-electron chi connectivity index (χ2n) is 12.7. The zero-order chi connectivity index (χ0) is 30.8. The summed E-state index contributed by atoms with van der Waals surface area (Å²) in [5.41, 5.74) is 8.05. The predicted octanol–water partition coefficient (Wildman–Crippen LogP) is 14.0. The summed E-state index contributed by atoms with van der Waals surface area (Å²) in [6, 6.07) is 46.4. The van der Waals surface area contributed by atoms with E-state index < -0.39 is 0 Å². The summed E-state index contributed by atoms with van der Waals surface area (Å²) >= 11 is 3.86. The maximum atomic E-state index is 2.44. The van der Waals surface area contributed by atoms with Gasteiger partial charge < -0.3 is 0 Å². The Morgan fingerprint density at radius 1 is 0.391 bits per heavy atom. The SMILES string of the molecule is CCCc1cccc(-c2ccc3sc4c5cc6ccc7c8cc(-c9cccc(CCC)c9)ccc8sc7c6cc5ccc4c3c2)c1. The fraction of sp³-hybridized carbons (Fsp3) is 0.136. The van der Waals surface area contributed by atoms with Gasteiger partial charge in [-0.05, 0) is 93.4 Å². The van der Waals surface area contributed by atoms with Crippen molar-refractivity contribution in [2.45, 2.75) is 39.5 Å². The van der Waals surface area contributed by atoms with E-state index in [1.54, 1.807) is 0 Å². The second kappa shape index (κ2) is 11.1. The lowest BCUT2D eigenvalue weighted by Gasteiger charge is -2.07. The monoisotopic (exact) mass is 626 g/mol. The first-order valence-corrected chi connectivity index (χ1v) is 18.2. The molecule has 0 saturated carbocycles. The Morgan fingerprint density at radius 3 is 1.30 bits per heavy atom. The molecule has 0 N–H and O–H groups in total. The standard InChI is InChI=1S/C44H34S2/c1-3-7-27-9-5-11-29(21-27)31-15-19-41-39(23-31)35-17-13-33-26-38-34(25-37(33)43(35)45-41)14-18-36-40-24-32(16-20-42(40)46-44(36)38)30-12-6-10-28(22-30)8-4-2/h5-6,9-26H,3-4,7-8H2,1-2H3. The Balaban J connectivity index is 1.17. The molecule has 0 amide bonds. The van der Waals surface area contributed by atoms with Crippen LogP contribution in [0.2, 0.25) is 0 Å². The van der Waals surface area contributed by atoms with E-state index in [-0.39, 0.29) is 0 Å². The first kappa shape index (κ1) is 27.8. The van der Waals surface area contributed by atoms with Crippen LogP contribution < -0.4 is 0 Å². The third-order valence-electron chi connectivity index (χ3n) is 9.62. The largest absolute Gasteiger partial charge is 0.135 e. The molecule has 9 rings (SSSR count). The number of fused-ring (bicyclic) bond motifs is 10. The van der Waals surface area contributed by atoms with Crippen LogP contribution in [0.4, 0.5) is 0 Å². The minimum Gasteiger partial charge on any atom is -0.135 e. The summed E-state index contributed by atoms with van der Waals surface area (Å²) in [5.74, 6) is 0. The zero-order valence-corrected chi connectivity index (χ0v) is 27.8. The molecule has 2 heteroatoms. The summed E-state index contributed by atoms with van der Waals surface area (Å²) in [5, 5.41) is 10.8. The highest BCUT2D eigenvalue weighted by Crippen LogP contribution is 2.44. The lowest BCUT2D eigenvalue weighted by Crippen LogP contribution is -1.84. The summed E-state index contributed by atoms with van der Waals surface area (Å²) in [4.78, 5) is 0. The smallest absolute Gasteiger partial charge is 0.0434 e. The van der Waals surface area contributed by atoms with Crippen molar-refractivity contribution < 1.29 is 0 Å². The zero-order valence-electron chi connectivity index (χ0n) is 26.2. The molecule has 0 aliphatic heterocycles. The maximum absolute atomic E-state index is 2.44. The van der Waals surface area contributed by atoms with Gasteiger partial charge in [0.15, 0.2) is 0 Å². The topological polar surface area (TPSA) is 0 Å². The number of aryl methyl sites for hydroxylation is 2. The first-order valence-electron chi connectivity index (χ1n) is 16.5. The van der Waals surface area contributed by atoms with Gasteiger partial charge in [-0.1, -0.05) is 112 Å². The van der Waals surface area contributed by atoms with Crippen molar-refractivity contribution in [3.63, 3.8) is 0 Å². The van der Waals surface area contributed by atoms with E-state index in [1.165, 1.54) is 108 Å². The van der Waals surface area contributed by atoms with E-state index >= 15 is 0 Å². The summed E-state index contributed by atoms with van der Waals surface area (Å²) < 4.78 is 5.48. The molecule has 0 saturated heterocycles. The van der Waals surface area contributed by atoms with Crippen LogP contribution in [0.15, 0.2) is 121 Å². The van der Waals surface area contributed by atoms with Crippen molar-refractivity contribution in [3.05, 3.63) is 132 Å². The summed E-state index contributed by atoms with van der Waals surface area (Å²) in [6.07, 6.45) is 4.59. The number of thiophene rings is 2. The molecular formula is C44H34S2. The van der Waals surface area contributed by atoms with E-state index in [0.717, 1.165) is 12.8 Å². The summed E-state index contributed by atoms with van der Waals surface area (Å²) in [6.45, 7) is 4.50. The van der Waals surface area contributed by atoms with Gasteiger partial charge in [0.1, 0.15) is 0 Å². The molecule has 0 radical (unpaired) electrons. The van der Waals surface area contributed by atoms with Gasteiger partial charge in [-0.25, -0.2) is 0 Å². The van der Waals surface area contributed by atoms with E-state index in [4.69, 9.17) is 0 Å². The van der Waals surface area contributed by atoms with E-state index in [0.29, 0.717) is 0 Å². The minimum absolute atomic E-state index is 1.12. The van der Waals surface area contributed by atoms with Gasteiger partial charge in [0.2, 0.25) is 0 Å². The Morgan fingerprint density at radius 2 is 0.848 bits per heavy atom. The van der Waals surface area contributed by atoms with E-state index in [9.17, 15) is 0 Å². The van der Waals surface area contributed by atoms with Crippen LogP contribution in [0.1, 0.15) is 37.8 Å². The molecule has 0 bridgehead atoms. The van der Waals surface area contributed by atoms with E-state index in [1.807, 2.05) is 22.7 Å². The molecule has 0 aliphatic rings. The number of rotatable bonds is 6. The van der Waals surface area contributed by atoms with Gasteiger partial charge in [0.25, 0.3) is 0 Å². The first-order chi connectivity index (χ1) is 22.7. The van der Waals surface area contributed by atoms with Crippen molar-refractivity contribution in [2.75, 3.05) is 0 Å². The van der Waals surface area contributed by atoms with Crippen molar-refractivity contribution in [3.8, 4) is 22.3 Å². The molecule has 7 aromatic carbocycles. The van der Waals surface area contributed by atoms with E-state index in [2.05, 4.69) is 135 Å². The van der Waals surface area contributed by atoms with Crippen molar-refractivity contribution in [1.82, 2.24) is 0 Å². The van der Waals surface area contributed by atoms with Gasteiger partial charge in [0, 0.05) is 51.1 Å². The fourth-order valence-corrected chi connectivity index (χ4v) is 9.78. The van der Waals surface area contributed by atoms with Crippen LogP contribution in [0.5, 0.6) is 0 Å². The van der Waals surface area contributed by atoms with Crippen molar-refractivity contribution in [1.29, 1.82) is 0 Å². The van der Waals surface area contributed by atoms with Gasteiger partial charge >= 0.3 is 0 Å². The quantitative estimate of drug-likeness (QED) is 0.161. The Kier molecular flexibility index (Phi) is 6.69. The number of hydrogen-bond acceptors (Lipinski definition) is 2. The molecule has 0 fully saturated rings. The Bertz CT molecular complexity index is 2430. The van der Waals surface area contributed by atoms with Crippen LogP contribution in [-0.4, -0.2) is 0 Å². The van der Waals surface area contributed by atoms with Crippen molar-refractivity contribution in [2.24, 2.45) is 0 Å². The molecule has 222 valence electrons. The van der Waals surface area contributed by atoms with Gasteiger partial charge in [-0.15, -0.1) is 22.7 Å². The lowest BCUT2D eigenvalue weighted by molar-refractivity contribution is 0.922. The van der Waals surface area contributed by atoms with Gasteiger partial charge in [-0.2, -0.15) is 0 Å². The van der Waals surface area contributed by atoms with Crippen LogP contribution >= 0.6 is 22.7 Å². The summed E-state index contributed by atoms with van der Waals surface area (Å²) in [7, 11) is 0. The maximum Gasteiger partial charge on any atom is 0.0434 e. The molecule has 0 atom stereocenters. The highest BCUT2D eigenvalue weighted by Gasteiger charge is 2.14. The minimum atomic E-state index is 1.12. The molecule has 2 heterocycles. The molecule has 9 aromatic rings. The van der Waals surface area contributed by atoms with Crippen LogP contribution in [0.25, 0.3) is 84.1 Å². The molecule has 46 heavy (non-hydrogen) atoms. The highest BCUT2D eigenvalue weighted by atomic mass is 32.1. The van der Waals surface area contributed by atoms with Gasteiger partial charge in [-0.3, -0.25) is 0 Å². The van der Waals surface area contributed by atoms with Crippen LogP contribution in [-0.2, 0) is 12.8 Å². The third-order valence-corrected chi connectivity index (χ3v) is 12.1. The van der Waals surface area contributed by atoms with Crippen LogP contribution in [0, 0.1) is 0 Å². The fourth-order valence-electron chi connectivity index (χ4n) is 7.36. The molecule has 2 aromatic heterocycles. The molecule has 0 unspecified atom stereocenters. The molecular weight excluding hydrogens is 593 g/mol. The molecule has 0 spiro atoms. The highest BCUT2D eigenvalue weighted by molar-refractivity contribution is 7.27. The van der Waals surface area contributed by atoms with Crippen LogP contribution in [0.3, 0.4) is 0 Å². The third kappa shape index (κ3) is 4.54. The normalized spacial score (nSPS) is 12.0. The van der Waals surface area contributed by atoms with Crippen molar-refractivity contribution >= 4 is 84.6 Å². The lowest BCUT2D eigenvalue weighted by atomic mass is 9.97. The Labute approximate surface area is 277 Å². The molecule has 0 aliphatic carbocycles. The number of benzene rings is 7. The predicted molar refractivity (Wildman–Crippen MR) is 206 cm³/mol. The number of hydrogen-bond donors (Lipinski definition) is 0.